The van der Waals surface area contributed by atoms with Gasteiger partial charge in [0.05, 0.1) is 23.6 Å². The van der Waals surface area contributed by atoms with Crippen molar-refractivity contribution in [2.45, 2.75) is 25.1 Å². The van der Waals surface area contributed by atoms with Crippen LogP contribution in [0.5, 0.6) is 0 Å². The fourth-order valence-corrected chi connectivity index (χ4v) is 4.33. The zero-order valence-electron chi connectivity index (χ0n) is 17.7. The summed E-state index contributed by atoms with van der Waals surface area (Å²) in [5, 5.41) is 14.1. The summed E-state index contributed by atoms with van der Waals surface area (Å²) in [6, 6.07) is -0.198. The molecule has 4 N–H and O–H groups in total. The fourth-order valence-electron chi connectivity index (χ4n) is 3.71. The zero-order valence-corrected chi connectivity index (χ0v) is 18.5. The summed E-state index contributed by atoms with van der Waals surface area (Å²) in [5.74, 6) is -2.67. The SMILES string of the molecule is CO[C@@H]1CN(c2nc3c(cc2F)c(=O)c(C(=O)O)cn3-c2nccs2)C[C@H]1NC(=O)[C@H](C)N. The van der Waals surface area contributed by atoms with Crippen molar-refractivity contribution < 1.29 is 23.8 Å². The highest BCUT2D eigenvalue weighted by molar-refractivity contribution is 7.12. The van der Waals surface area contributed by atoms with Crippen molar-refractivity contribution in [3.63, 3.8) is 0 Å². The molecule has 0 radical (unpaired) electrons. The zero-order chi connectivity index (χ0) is 23.9. The molecule has 4 rings (SSSR count). The van der Waals surface area contributed by atoms with E-state index in [-0.39, 0.29) is 35.8 Å². The first-order chi connectivity index (χ1) is 15.7. The second-order valence-electron chi connectivity index (χ2n) is 7.61. The Balaban J connectivity index is 1.81. The van der Waals surface area contributed by atoms with E-state index in [0.717, 1.165) is 12.3 Å². The van der Waals surface area contributed by atoms with Gasteiger partial charge in [0.2, 0.25) is 11.3 Å². The highest BCUT2D eigenvalue weighted by Gasteiger charge is 2.36. The van der Waals surface area contributed by atoms with E-state index < -0.39 is 41.0 Å². The number of hydrogen-bond donors (Lipinski definition) is 3. The largest absolute Gasteiger partial charge is 0.477 e. The number of anilines is 1. The van der Waals surface area contributed by atoms with Gasteiger partial charge in [0.1, 0.15) is 5.56 Å². The second kappa shape index (κ2) is 8.84. The molecule has 33 heavy (non-hydrogen) atoms. The van der Waals surface area contributed by atoms with Crippen LogP contribution >= 0.6 is 11.3 Å². The maximum atomic E-state index is 15.1. The Labute approximate surface area is 190 Å². The van der Waals surface area contributed by atoms with E-state index in [1.807, 2.05) is 0 Å². The first-order valence-corrected chi connectivity index (χ1v) is 10.8. The topological polar surface area (TPSA) is 153 Å². The number of thiazole rings is 1. The molecular formula is C20H21FN6O5S. The van der Waals surface area contributed by atoms with Gasteiger partial charge in [-0.3, -0.25) is 14.2 Å². The van der Waals surface area contributed by atoms with Gasteiger partial charge in [0.15, 0.2) is 22.4 Å². The smallest absolute Gasteiger partial charge is 0.341 e. The Morgan fingerprint density at radius 2 is 2.18 bits per heavy atom. The Bertz CT molecular complexity index is 1280. The fraction of sp³-hybridized carbons (Fsp3) is 0.350. The molecule has 1 amide bonds. The molecule has 1 aliphatic rings. The summed E-state index contributed by atoms with van der Waals surface area (Å²) in [6.07, 6.45) is 2.21. The molecule has 3 aromatic heterocycles. The maximum Gasteiger partial charge on any atom is 0.341 e. The molecule has 0 bridgehead atoms. The lowest BCUT2D eigenvalue weighted by Gasteiger charge is -2.20. The van der Waals surface area contributed by atoms with E-state index >= 15 is 4.39 Å². The monoisotopic (exact) mass is 476 g/mol. The molecule has 174 valence electrons. The van der Waals surface area contributed by atoms with Gasteiger partial charge in [-0.15, -0.1) is 11.3 Å². The van der Waals surface area contributed by atoms with Crippen molar-refractivity contribution in [1.29, 1.82) is 0 Å². The number of hydrogen-bond acceptors (Lipinski definition) is 9. The average Bonchev–Trinajstić information content (AvgIpc) is 3.43. The van der Waals surface area contributed by atoms with Crippen LogP contribution in [0.15, 0.2) is 28.6 Å². The number of aromatic nitrogens is 3. The molecule has 1 aliphatic heterocycles. The summed E-state index contributed by atoms with van der Waals surface area (Å²) in [6.45, 7) is 1.98. The van der Waals surface area contributed by atoms with Crippen LogP contribution in [0.1, 0.15) is 17.3 Å². The van der Waals surface area contributed by atoms with Crippen molar-refractivity contribution in [2.75, 3.05) is 25.1 Å². The van der Waals surface area contributed by atoms with Crippen molar-refractivity contribution in [3.8, 4) is 5.13 Å². The number of fused-ring (bicyclic) bond motifs is 1. The number of amides is 1. The Hall–Kier alpha value is -3.42. The van der Waals surface area contributed by atoms with Crippen LogP contribution in [-0.4, -0.2) is 69.9 Å². The van der Waals surface area contributed by atoms with Crippen molar-refractivity contribution in [3.05, 3.63) is 45.4 Å². The molecule has 0 aliphatic carbocycles. The van der Waals surface area contributed by atoms with E-state index in [1.165, 1.54) is 29.2 Å². The minimum absolute atomic E-state index is 0.0603. The number of aromatic carboxylic acids is 1. The van der Waals surface area contributed by atoms with Gasteiger partial charge in [-0.05, 0) is 13.0 Å². The predicted octanol–water partition coefficient (Wildman–Crippen LogP) is 0.347. The van der Waals surface area contributed by atoms with E-state index in [0.29, 0.717) is 5.13 Å². The first-order valence-electron chi connectivity index (χ1n) is 9.94. The third-order valence-corrected chi connectivity index (χ3v) is 6.15. The summed E-state index contributed by atoms with van der Waals surface area (Å²) >= 11 is 1.20. The van der Waals surface area contributed by atoms with E-state index in [2.05, 4.69) is 15.3 Å². The minimum Gasteiger partial charge on any atom is -0.477 e. The highest BCUT2D eigenvalue weighted by Crippen LogP contribution is 2.27. The van der Waals surface area contributed by atoms with Crippen LogP contribution < -0.4 is 21.4 Å². The summed E-state index contributed by atoms with van der Waals surface area (Å²) < 4.78 is 22.0. The number of pyridine rings is 2. The third-order valence-electron chi connectivity index (χ3n) is 5.38. The summed E-state index contributed by atoms with van der Waals surface area (Å²) in [4.78, 5) is 46.5. The predicted molar refractivity (Wildman–Crippen MR) is 119 cm³/mol. The lowest BCUT2D eigenvalue weighted by molar-refractivity contribution is -0.123. The standard InChI is InChI=1S/C20H21FN6O5S/c1-9(22)18(29)24-13-7-26(8-14(13)32-2)17-12(21)5-10-15(28)11(19(30)31)6-27(16(10)25-17)20-23-3-4-33-20/h3-6,9,13-14H,7-8,22H2,1-2H3,(H,24,29)(H,30,31)/t9-,13+,14+/m0/s1. The number of carboxylic acid groups (broad SMARTS) is 1. The lowest BCUT2D eigenvalue weighted by Crippen LogP contribution is -2.49. The number of ether oxygens (including phenoxy) is 1. The maximum absolute atomic E-state index is 15.1. The van der Waals surface area contributed by atoms with Crippen LogP contribution in [0.2, 0.25) is 0 Å². The highest BCUT2D eigenvalue weighted by atomic mass is 32.1. The van der Waals surface area contributed by atoms with Gasteiger partial charge in [-0.25, -0.2) is 19.2 Å². The van der Waals surface area contributed by atoms with E-state index in [1.54, 1.807) is 17.2 Å². The van der Waals surface area contributed by atoms with E-state index in [4.69, 9.17) is 10.5 Å². The molecule has 11 nitrogen and oxygen atoms in total. The van der Waals surface area contributed by atoms with Crippen LogP contribution in [-0.2, 0) is 9.53 Å². The van der Waals surface area contributed by atoms with Gasteiger partial charge >= 0.3 is 5.97 Å². The summed E-state index contributed by atoms with van der Waals surface area (Å²) in [7, 11) is 1.48. The number of halogens is 1. The Kier molecular flexibility index (Phi) is 6.10. The van der Waals surface area contributed by atoms with Crippen LogP contribution in [0.4, 0.5) is 10.2 Å². The van der Waals surface area contributed by atoms with Crippen LogP contribution in [0.3, 0.4) is 0 Å². The minimum atomic E-state index is -1.44. The molecular weight excluding hydrogens is 455 g/mol. The first kappa shape index (κ1) is 22.8. The molecule has 0 aromatic carbocycles. The van der Waals surface area contributed by atoms with Crippen molar-refractivity contribution in [2.24, 2.45) is 5.73 Å². The van der Waals surface area contributed by atoms with Crippen molar-refractivity contribution in [1.82, 2.24) is 19.9 Å². The second-order valence-corrected chi connectivity index (χ2v) is 8.48. The number of nitrogens with zero attached hydrogens (tertiary/aromatic N) is 4. The van der Waals surface area contributed by atoms with Crippen LogP contribution in [0, 0.1) is 5.82 Å². The molecule has 3 aromatic rings. The number of carbonyl (C=O) groups excluding carboxylic acids is 1. The third kappa shape index (κ3) is 4.17. The lowest BCUT2D eigenvalue weighted by atomic mass is 10.2. The van der Waals surface area contributed by atoms with Gasteiger partial charge in [0.25, 0.3) is 0 Å². The van der Waals surface area contributed by atoms with Crippen LogP contribution in [0.25, 0.3) is 16.2 Å². The number of carbonyl (C=O) groups is 2. The molecule has 0 unspecified atom stereocenters. The Morgan fingerprint density at radius 1 is 1.42 bits per heavy atom. The molecule has 0 spiro atoms. The molecule has 0 saturated carbocycles. The number of nitrogens with one attached hydrogen (secondary N) is 1. The van der Waals surface area contributed by atoms with Gasteiger partial charge in [-0.2, -0.15) is 0 Å². The molecule has 3 atom stereocenters. The van der Waals surface area contributed by atoms with Crippen molar-refractivity contribution >= 4 is 40.1 Å². The Morgan fingerprint density at radius 3 is 2.79 bits per heavy atom. The number of carboxylic acids is 1. The summed E-state index contributed by atoms with van der Waals surface area (Å²) in [5.41, 5.74) is 4.32. The average molecular weight is 476 g/mol. The normalized spacial score (nSPS) is 19.1. The molecule has 13 heteroatoms. The molecule has 4 heterocycles. The quantitative estimate of drug-likeness (QED) is 0.457. The molecule has 1 saturated heterocycles. The number of nitrogens with two attached hydrogens (primary N) is 1. The molecule has 1 fully saturated rings. The number of methoxy groups -OCH3 is 1. The van der Waals surface area contributed by atoms with Gasteiger partial charge in [-0.1, -0.05) is 0 Å². The van der Waals surface area contributed by atoms with Gasteiger partial charge in [0, 0.05) is 38.0 Å². The van der Waals surface area contributed by atoms with E-state index in [9.17, 15) is 19.5 Å². The van der Waals surface area contributed by atoms with Gasteiger partial charge < -0.3 is 25.8 Å². The number of rotatable bonds is 6.